The van der Waals surface area contributed by atoms with E-state index in [9.17, 15) is 0 Å². The van der Waals surface area contributed by atoms with Crippen LogP contribution in [0.5, 0.6) is 0 Å². The summed E-state index contributed by atoms with van der Waals surface area (Å²) in [5, 5.41) is 0. The molecule has 98 valence electrons. The second-order valence-electron chi connectivity index (χ2n) is 4.77. The average molecular weight is 264 g/mol. The van der Waals surface area contributed by atoms with Crippen molar-refractivity contribution in [1.82, 2.24) is 4.90 Å². The molecule has 2 unspecified atom stereocenters. The van der Waals surface area contributed by atoms with Crippen molar-refractivity contribution in [3.63, 3.8) is 0 Å². The number of thiocarbonyl (C=S) groups is 1. The highest BCUT2D eigenvalue weighted by atomic mass is 32.1. The molecule has 2 N–H and O–H groups in total. The molecule has 1 saturated heterocycles. The van der Waals surface area contributed by atoms with E-state index in [0.29, 0.717) is 11.1 Å². The van der Waals surface area contributed by atoms with Gasteiger partial charge in [-0.05, 0) is 12.0 Å². The third kappa shape index (κ3) is 3.28. The zero-order valence-corrected chi connectivity index (χ0v) is 11.5. The van der Waals surface area contributed by atoms with Gasteiger partial charge in [0.15, 0.2) is 0 Å². The van der Waals surface area contributed by atoms with Gasteiger partial charge in [0.25, 0.3) is 0 Å². The summed E-state index contributed by atoms with van der Waals surface area (Å²) in [5.41, 5.74) is 7.09. The summed E-state index contributed by atoms with van der Waals surface area (Å²) >= 11 is 5.21. The topological polar surface area (TPSA) is 38.5 Å². The number of ether oxygens (including phenoxy) is 1. The van der Waals surface area contributed by atoms with Gasteiger partial charge in [-0.1, -0.05) is 42.5 Å². The van der Waals surface area contributed by atoms with Crippen LogP contribution >= 0.6 is 12.2 Å². The summed E-state index contributed by atoms with van der Waals surface area (Å²) in [4.78, 5) is 2.95. The number of rotatable bonds is 5. The van der Waals surface area contributed by atoms with Crippen LogP contribution in [0.15, 0.2) is 30.3 Å². The number of likely N-dealkylation sites (tertiary alicyclic amines) is 1. The predicted molar refractivity (Wildman–Crippen MR) is 77.8 cm³/mol. The fourth-order valence-electron chi connectivity index (χ4n) is 2.46. The highest BCUT2D eigenvalue weighted by Crippen LogP contribution is 2.21. The number of hydrogen-bond acceptors (Lipinski definition) is 3. The third-order valence-electron chi connectivity index (χ3n) is 3.55. The first-order valence-electron chi connectivity index (χ1n) is 6.30. The van der Waals surface area contributed by atoms with Crippen LogP contribution in [0.1, 0.15) is 17.9 Å². The van der Waals surface area contributed by atoms with Crippen molar-refractivity contribution in [2.45, 2.75) is 18.4 Å². The molecule has 0 spiro atoms. The molecule has 0 amide bonds. The van der Waals surface area contributed by atoms with Crippen molar-refractivity contribution in [3.05, 3.63) is 35.9 Å². The van der Waals surface area contributed by atoms with E-state index < -0.39 is 0 Å². The van der Waals surface area contributed by atoms with Crippen molar-refractivity contribution in [2.75, 3.05) is 26.7 Å². The lowest BCUT2D eigenvalue weighted by Crippen LogP contribution is -2.33. The second kappa shape index (κ2) is 6.27. The molecule has 4 heteroatoms. The minimum absolute atomic E-state index is 0.136. The molecule has 0 aromatic heterocycles. The molecule has 0 saturated carbocycles. The molecular weight excluding hydrogens is 244 g/mol. The number of nitrogens with two attached hydrogens (primary N) is 1. The Hall–Kier alpha value is -0.970. The molecule has 1 fully saturated rings. The third-order valence-corrected chi connectivity index (χ3v) is 3.83. The first kappa shape index (κ1) is 13.5. The van der Waals surface area contributed by atoms with Gasteiger partial charge in [-0.25, -0.2) is 0 Å². The minimum atomic E-state index is 0.136. The highest BCUT2D eigenvalue weighted by molar-refractivity contribution is 7.80. The first-order chi connectivity index (χ1) is 8.70. The van der Waals surface area contributed by atoms with Gasteiger partial charge in [0.2, 0.25) is 0 Å². The maximum Gasteiger partial charge on any atom is 0.0816 e. The number of hydrogen-bond donors (Lipinski definition) is 1. The van der Waals surface area contributed by atoms with Gasteiger partial charge in [-0.15, -0.1) is 0 Å². The van der Waals surface area contributed by atoms with Crippen molar-refractivity contribution in [1.29, 1.82) is 0 Å². The van der Waals surface area contributed by atoms with Gasteiger partial charge in [0, 0.05) is 32.7 Å². The van der Waals surface area contributed by atoms with Crippen LogP contribution in [0, 0.1) is 0 Å². The SMILES string of the molecule is COC1CCN(CC(C(N)=S)c2ccccc2)C1. The maximum absolute atomic E-state index is 5.89. The van der Waals surface area contributed by atoms with E-state index in [1.54, 1.807) is 7.11 Å². The lowest BCUT2D eigenvalue weighted by Gasteiger charge is -2.23. The zero-order chi connectivity index (χ0) is 13.0. The lowest BCUT2D eigenvalue weighted by atomic mass is 9.98. The Bertz CT molecular complexity index is 396. The van der Waals surface area contributed by atoms with Gasteiger partial charge in [-0.3, -0.25) is 4.90 Å². The normalized spacial score (nSPS) is 21.9. The largest absolute Gasteiger partial charge is 0.393 e. The number of methoxy groups -OCH3 is 1. The van der Waals surface area contributed by atoms with Gasteiger partial charge in [0.05, 0.1) is 11.1 Å². The Morgan fingerprint density at radius 1 is 1.50 bits per heavy atom. The van der Waals surface area contributed by atoms with Crippen LogP contribution in [0.3, 0.4) is 0 Å². The standard InChI is InChI=1S/C14H20N2OS/c1-17-12-7-8-16(9-12)10-13(14(15)18)11-5-3-2-4-6-11/h2-6,12-13H,7-10H2,1H3,(H2,15,18). The minimum Gasteiger partial charge on any atom is -0.393 e. The second-order valence-corrected chi connectivity index (χ2v) is 5.24. The Kier molecular flexibility index (Phi) is 4.69. The van der Waals surface area contributed by atoms with Gasteiger partial charge < -0.3 is 10.5 Å². The van der Waals surface area contributed by atoms with E-state index in [-0.39, 0.29) is 5.92 Å². The summed E-state index contributed by atoms with van der Waals surface area (Å²) < 4.78 is 5.38. The maximum atomic E-state index is 5.89. The molecule has 1 aliphatic rings. The van der Waals surface area contributed by atoms with Crippen LogP contribution in [0.2, 0.25) is 0 Å². The molecular formula is C14H20N2OS. The van der Waals surface area contributed by atoms with Gasteiger partial charge in [-0.2, -0.15) is 0 Å². The van der Waals surface area contributed by atoms with Crippen molar-refractivity contribution < 1.29 is 4.74 Å². The van der Waals surface area contributed by atoms with Crippen LogP contribution in [0.4, 0.5) is 0 Å². The van der Waals surface area contributed by atoms with E-state index in [1.165, 1.54) is 5.56 Å². The Morgan fingerprint density at radius 2 is 2.22 bits per heavy atom. The molecule has 1 heterocycles. The Balaban J connectivity index is 2.02. The molecule has 2 atom stereocenters. The van der Waals surface area contributed by atoms with Crippen LogP contribution in [-0.4, -0.2) is 42.7 Å². The van der Waals surface area contributed by atoms with Crippen molar-refractivity contribution in [3.8, 4) is 0 Å². The summed E-state index contributed by atoms with van der Waals surface area (Å²) in [6, 6.07) is 10.3. The monoisotopic (exact) mass is 264 g/mol. The van der Waals surface area contributed by atoms with E-state index in [2.05, 4.69) is 17.0 Å². The number of benzene rings is 1. The molecule has 0 aliphatic carbocycles. The fourth-order valence-corrected chi connectivity index (χ4v) is 2.67. The highest BCUT2D eigenvalue weighted by Gasteiger charge is 2.26. The molecule has 2 rings (SSSR count). The van der Waals surface area contributed by atoms with Crippen LogP contribution in [0.25, 0.3) is 0 Å². The number of nitrogens with zero attached hydrogens (tertiary/aromatic N) is 1. The van der Waals surface area contributed by atoms with Crippen LogP contribution in [-0.2, 0) is 4.74 Å². The quantitative estimate of drug-likeness (QED) is 0.823. The Labute approximate surface area is 114 Å². The molecule has 1 aromatic carbocycles. The van der Waals surface area contributed by atoms with E-state index in [4.69, 9.17) is 22.7 Å². The first-order valence-corrected chi connectivity index (χ1v) is 6.71. The summed E-state index contributed by atoms with van der Waals surface area (Å²) in [6.07, 6.45) is 1.45. The molecule has 1 aliphatic heterocycles. The van der Waals surface area contributed by atoms with E-state index in [0.717, 1.165) is 26.1 Å². The zero-order valence-electron chi connectivity index (χ0n) is 10.7. The summed E-state index contributed by atoms with van der Waals surface area (Å²) in [5.74, 6) is 0.136. The average Bonchev–Trinajstić information content (AvgIpc) is 2.84. The van der Waals surface area contributed by atoms with E-state index in [1.807, 2.05) is 18.2 Å². The smallest absolute Gasteiger partial charge is 0.0816 e. The molecule has 18 heavy (non-hydrogen) atoms. The van der Waals surface area contributed by atoms with E-state index >= 15 is 0 Å². The summed E-state index contributed by atoms with van der Waals surface area (Å²) in [6.45, 7) is 2.92. The predicted octanol–water partition coefficient (Wildman–Crippen LogP) is 1.78. The Morgan fingerprint density at radius 3 is 2.78 bits per heavy atom. The molecule has 0 radical (unpaired) electrons. The van der Waals surface area contributed by atoms with Gasteiger partial charge >= 0.3 is 0 Å². The van der Waals surface area contributed by atoms with Crippen molar-refractivity contribution >= 4 is 17.2 Å². The van der Waals surface area contributed by atoms with Crippen LogP contribution < -0.4 is 5.73 Å². The lowest BCUT2D eigenvalue weighted by molar-refractivity contribution is 0.108. The molecule has 0 bridgehead atoms. The van der Waals surface area contributed by atoms with Gasteiger partial charge in [0.1, 0.15) is 0 Å². The summed E-state index contributed by atoms with van der Waals surface area (Å²) in [7, 11) is 1.77. The molecule has 1 aromatic rings. The fraction of sp³-hybridized carbons (Fsp3) is 0.500. The molecule has 3 nitrogen and oxygen atoms in total. The van der Waals surface area contributed by atoms with Crippen molar-refractivity contribution in [2.24, 2.45) is 5.73 Å².